The number of benzene rings is 2. The van der Waals surface area contributed by atoms with Crippen LogP contribution < -0.4 is 19.8 Å². The SMILES string of the molecule is CCN(CC)C(=O)Oc1ccc2cc(-c3ccc(OC)c(OC)c3)c(=O)oc2c1. The highest BCUT2D eigenvalue weighted by Crippen LogP contribution is 2.32. The van der Waals surface area contributed by atoms with Gasteiger partial charge in [-0.3, -0.25) is 0 Å². The van der Waals surface area contributed by atoms with Crippen LogP contribution in [0, 0.1) is 0 Å². The Balaban J connectivity index is 1.96. The average molecular weight is 397 g/mol. The summed E-state index contributed by atoms with van der Waals surface area (Å²) in [4.78, 5) is 26.2. The standard InChI is InChI=1S/C22H23NO6/c1-5-23(6-2)22(25)28-16-9-7-15-11-17(21(24)29-19(15)13-16)14-8-10-18(26-3)20(12-14)27-4/h7-13H,5-6H2,1-4H3. The molecule has 1 amide bonds. The molecule has 0 aliphatic heterocycles. The predicted molar refractivity (Wildman–Crippen MR) is 110 cm³/mol. The molecule has 7 nitrogen and oxygen atoms in total. The molecule has 0 saturated carbocycles. The molecule has 3 aromatic rings. The second-order valence-corrected chi connectivity index (χ2v) is 6.26. The number of ether oxygens (including phenoxy) is 3. The number of methoxy groups -OCH3 is 2. The largest absolute Gasteiger partial charge is 0.493 e. The van der Waals surface area contributed by atoms with E-state index in [9.17, 15) is 9.59 Å². The summed E-state index contributed by atoms with van der Waals surface area (Å²) in [7, 11) is 3.08. The molecule has 0 atom stereocenters. The molecule has 1 heterocycles. The molecule has 0 aliphatic carbocycles. The van der Waals surface area contributed by atoms with E-state index in [4.69, 9.17) is 18.6 Å². The van der Waals surface area contributed by atoms with Crippen molar-refractivity contribution in [3.63, 3.8) is 0 Å². The summed E-state index contributed by atoms with van der Waals surface area (Å²) in [5, 5.41) is 0.706. The maximum atomic E-state index is 12.6. The fourth-order valence-electron chi connectivity index (χ4n) is 3.01. The first-order valence-electron chi connectivity index (χ1n) is 9.27. The highest BCUT2D eigenvalue weighted by atomic mass is 16.6. The quantitative estimate of drug-likeness (QED) is 0.577. The molecule has 0 radical (unpaired) electrons. The van der Waals surface area contributed by atoms with Gasteiger partial charge in [0.1, 0.15) is 11.3 Å². The van der Waals surface area contributed by atoms with E-state index in [0.29, 0.717) is 52.4 Å². The fourth-order valence-corrected chi connectivity index (χ4v) is 3.01. The topological polar surface area (TPSA) is 78.2 Å². The Labute approximate surface area is 168 Å². The van der Waals surface area contributed by atoms with Gasteiger partial charge in [-0.05, 0) is 49.7 Å². The second kappa shape index (κ2) is 8.68. The van der Waals surface area contributed by atoms with E-state index in [2.05, 4.69) is 0 Å². The third-order valence-corrected chi connectivity index (χ3v) is 4.63. The Morgan fingerprint density at radius 3 is 2.34 bits per heavy atom. The summed E-state index contributed by atoms with van der Waals surface area (Å²) in [6.45, 7) is 4.85. The normalized spacial score (nSPS) is 10.6. The molecule has 29 heavy (non-hydrogen) atoms. The van der Waals surface area contributed by atoms with Crippen LogP contribution in [-0.2, 0) is 0 Å². The summed E-state index contributed by atoms with van der Waals surface area (Å²) >= 11 is 0. The molecule has 1 aromatic heterocycles. The Morgan fingerprint density at radius 2 is 1.69 bits per heavy atom. The van der Waals surface area contributed by atoms with Crippen LogP contribution in [0.1, 0.15) is 13.8 Å². The molecule has 0 spiro atoms. The summed E-state index contributed by atoms with van der Waals surface area (Å²) < 4.78 is 21.4. The van der Waals surface area contributed by atoms with Gasteiger partial charge in [-0.25, -0.2) is 9.59 Å². The van der Waals surface area contributed by atoms with Crippen molar-refractivity contribution in [2.75, 3.05) is 27.3 Å². The molecule has 152 valence electrons. The number of hydrogen-bond donors (Lipinski definition) is 0. The van der Waals surface area contributed by atoms with Crippen LogP contribution >= 0.6 is 0 Å². The van der Waals surface area contributed by atoms with Gasteiger partial charge in [-0.15, -0.1) is 0 Å². The summed E-state index contributed by atoms with van der Waals surface area (Å²) in [5.74, 6) is 1.40. The molecule has 0 unspecified atom stereocenters. The second-order valence-electron chi connectivity index (χ2n) is 6.26. The number of hydrogen-bond acceptors (Lipinski definition) is 6. The number of rotatable bonds is 6. The minimum absolute atomic E-state index is 0.316. The Kier molecular flexibility index (Phi) is 6.07. The molecule has 0 aliphatic rings. The van der Waals surface area contributed by atoms with Gasteiger partial charge in [0.15, 0.2) is 11.5 Å². The summed E-state index contributed by atoms with van der Waals surface area (Å²) in [6.07, 6.45) is -0.446. The van der Waals surface area contributed by atoms with E-state index in [1.807, 2.05) is 13.8 Å². The highest BCUT2D eigenvalue weighted by Gasteiger charge is 2.15. The lowest BCUT2D eigenvalue weighted by Gasteiger charge is -2.17. The zero-order valence-corrected chi connectivity index (χ0v) is 16.9. The molecule has 0 fully saturated rings. The van der Waals surface area contributed by atoms with Crippen molar-refractivity contribution >= 4 is 17.1 Å². The number of fused-ring (bicyclic) bond motifs is 1. The highest BCUT2D eigenvalue weighted by molar-refractivity contribution is 5.84. The lowest BCUT2D eigenvalue weighted by atomic mass is 10.1. The van der Waals surface area contributed by atoms with E-state index >= 15 is 0 Å². The van der Waals surface area contributed by atoms with Crippen LogP contribution in [0.25, 0.3) is 22.1 Å². The number of nitrogens with zero attached hydrogens (tertiary/aromatic N) is 1. The first kappa shape index (κ1) is 20.3. The zero-order chi connectivity index (χ0) is 21.0. The van der Waals surface area contributed by atoms with Gasteiger partial charge >= 0.3 is 11.7 Å². The van der Waals surface area contributed by atoms with Crippen LogP contribution in [0.15, 0.2) is 51.7 Å². The van der Waals surface area contributed by atoms with Gasteiger partial charge < -0.3 is 23.5 Å². The van der Waals surface area contributed by atoms with Crippen molar-refractivity contribution in [2.24, 2.45) is 0 Å². The van der Waals surface area contributed by atoms with Gasteiger partial charge in [-0.1, -0.05) is 6.07 Å². The Morgan fingerprint density at radius 1 is 0.966 bits per heavy atom. The van der Waals surface area contributed by atoms with Crippen LogP contribution in [0.2, 0.25) is 0 Å². The van der Waals surface area contributed by atoms with Crippen molar-refractivity contribution in [1.82, 2.24) is 4.90 Å². The maximum absolute atomic E-state index is 12.6. The zero-order valence-electron chi connectivity index (χ0n) is 16.9. The molecule has 0 N–H and O–H groups in total. The minimum Gasteiger partial charge on any atom is -0.493 e. The molecule has 3 rings (SSSR count). The Hall–Kier alpha value is -3.48. The maximum Gasteiger partial charge on any atom is 0.415 e. The van der Waals surface area contributed by atoms with E-state index in [-0.39, 0.29) is 0 Å². The van der Waals surface area contributed by atoms with E-state index in [1.165, 1.54) is 13.2 Å². The molecule has 0 saturated heterocycles. The van der Waals surface area contributed by atoms with Crippen molar-refractivity contribution in [1.29, 1.82) is 0 Å². The predicted octanol–water partition coefficient (Wildman–Crippen LogP) is 4.32. The lowest BCUT2D eigenvalue weighted by Crippen LogP contribution is -2.33. The van der Waals surface area contributed by atoms with Crippen LogP contribution in [-0.4, -0.2) is 38.3 Å². The fraction of sp³-hybridized carbons (Fsp3) is 0.273. The number of carbonyl (C=O) groups excluding carboxylic acids is 1. The van der Waals surface area contributed by atoms with Crippen LogP contribution in [0.4, 0.5) is 4.79 Å². The van der Waals surface area contributed by atoms with Crippen molar-refractivity contribution in [2.45, 2.75) is 13.8 Å². The lowest BCUT2D eigenvalue weighted by molar-refractivity contribution is 0.157. The Bertz CT molecular complexity index is 1080. The van der Waals surface area contributed by atoms with Gasteiger partial charge in [0.25, 0.3) is 0 Å². The van der Waals surface area contributed by atoms with E-state index in [0.717, 1.165) is 0 Å². The smallest absolute Gasteiger partial charge is 0.415 e. The third-order valence-electron chi connectivity index (χ3n) is 4.63. The minimum atomic E-state index is -0.503. The first-order valence-corrected chi connectivity index (χ1v) is 9.27. The van der Waals surface area contributed by atoms with Crippen molar-refractivity contribution < 1.29 is 23.4 Å². The van der Waals surface area contributed by atoms with Crippen LogP contribution in [0.5, 0.6) is 17.2 Å². The molecule has 7 heteroatoms. The van der Waals surface area contributed by atoms with Gasteiger partial charge in [0, 0.05) is 24.5 Å². The van der Waals surface area contributed by atoms with Gasteiger partial charge in [0.2, 0.25) is 0 Å². The third kappa shape index (κ3) is 4.18. The number of carbonyl (C=O) groups is 1. The van der Waals surface area contributed by atoms with Crippen molar-refractivity contribution in [3.05, 3.63) is 52.9 Å². The van der Waals surface area contributed by atoms with Crippen molar-refractivity contribution in [3.8, 4) is 28.4 Å². The van der Waals surface area contributed by atoms with E-state index < -0.39 is 11.7 Å². The van der Waals surface area contributed by atoms with Gasteiger partial charge in [-0.2, -0.15) is 0 Å². The monoisotopic (exact) mass is 397 g/mol. The van der Waals surface area contributed by atoms with E-state index in [1.54, 1.807) is 48.4 Å². The summed E-state index contributed by atoms with van der Waals surface area (Å²) in [6, 6.07) is 11.9. The average Bonchev–Trinajstić information content (AvgIpc) is 2.73. The van der Waals surface area contributed by atoms with Gasteiger partial charge in [0.05, 0.1) is 19.8 Å². The first-order chi connectivity index (χ1) is 14.0. The number of amides is 1. The summed E-state index contributed by atoms with van der Waals surface area (Å²) in [5.41, 5.74) is 0.877. The molecule has 2 aromatic carbocycles. The van der Waals surface area contributed by atoms with Crippen LogP contribution in [0.3, 0.4) is 0 Å². The molecular formula is C22H23NO6. The molecule has 0 bridgehead atoms. The molecular weight excluding hydrogens is 374 g/mol.